The number of carbonyl (C=O) groups is 2. The highest BCUT2D eigenvalue weighted by molar-refractivity contribution is 8.00. The van der Waals surface area contributed by atoms with Crippen molar-refractivity contribution in [2.45, 2.75) is 18.2 Å². The molecule has 2 amide bonds. The fraction of sp³-hybridized carbons (Fsp3) is 0.818. The molecule has 0 aromatic rings. The van der Waals surface area contributed by atoms with Crippen LogP contribution in [0.4, 0.5) is 0 Å². The van der Waals surface area contributed by atoms with Crippen LogP contribution >= 0.6 is 11.8 Å². The first kappa shape index (κ1) is 14.6. The first-order chi connectivity index (χ1) is 8.89. The molecule has 19 heavy (non-hydrogen) atoms. The van der Waals surface area contributed by atoms with Gasteiger partial charge in [-0.05, 0) is 6.42 Å². The summed E-state index contributed by atoms with van der Waals surface area (Å²) in [6.07, 6.45) is 2.01. The molecule has 0 aliphatic carbocycles. The summed E-state index contributed by atoms with van der Waals surface area (Å²) in [5, 5.41) is 1.94. The molecule has 6 nitrogen and oxygen atoms in total. The van der Waals surface area contributed by atoms with Gasteiger partial charge in [0, 0.05) is 37.3 Å². The third kappa shape index (κ3) is 3.42. The van der Waals surface area contributed by atoms with Gasteiger partial charge in [0.25, 0.3) is 0 Å². The SMILES string of the molecule is CS(=O)(=O)C1CSCCN1C(=O)C1CCC(=O)NC1. The zero-order valence-corrected chi connectivity index (χ0v) is 12.4. The third-order valence-corrected chi connectivity index (χ3v) is 6.12. The average molecular weight is 306 g/mol. The lowest BCUT2D eigenvalue weighted by Crippen LogP contribution is -2.54. The number of amides is 2. The number of nitrogens with zero attached hydrogens (tertiary/aromatic N) is 1. The van der Waals surface area contributed by atoms with Gasteiger partial charge in [-0.2, -0.15) is 11.8 Å². The van der Waals surface area contributed by atoms with Crippen LogP contribution in [0.2, 0.25) is 0 Å². The Morgan fingerprint density at radius 1 is 1.47 bits per heavy atom. The van der Waals surface area contributed by atoms with Crippen LogP contribution in [0.15, 0.2) is 0 Å². The predicted molar refractivity (Wildman–Crippen MR) is 73.4 cm³/mol. The minimum atomic E-state index is -3.27. The lowest BCUT2D eigenvalue weighted by Gasteiger charge is -2.37. The van der Waals surface area contributed by atoms with Crippen molar-refractivity contribution in [3.63, 3.8) is 0 Å². The van der Waals surface area contributed by atoms with E-state index in [2.05, 4.69) is 5.32 Å². The van der Waals surface area contributed by atoms with Crippen LogP contribution in [0.1, 0.15) is 12.8 Å². The van der Waals surface area contributed by atoms with Crippen molar-refractivity contribution in [3.8, 4) is 0 Å². The van der Waals surface area contributed by atoms with Gasteiger partial charge in [-0.3, -0.25) is 9.59 Å². The number of hydrogen-bond acceptors (Lipinski definition) is 5. The number of thioether (sulfide) groups is 1. The van der Waals surface area contributed by atoms with Gasteiger partial charge in [0.1, 0.15) is 5.37 Å². The van der Waals surface area contributed by atoms with Gasteiger partial charge in [0.05, 0.1) is 5.92 Å². The van der Waals surface area contributed by atoms with Crippen molar-refractivity contribution < 1.29 is 18.0 Å². The summed E-state index contributed by atoms with van der Waals surface area (Å²) < 4.78 is 23.5. The molecule has 2 heterocycles. The molecule has 0 bridgehead atoms. The van der Waals surface area contributed by atoms with Gasteiger partial charge in [-0.1, -0.05) is 0 Å². The monoisotopic (exact) mass is 306 g/mol. The fourth-order valence-electron chi connectivity index (χ4n) is 2.37. The van der Waals surface area contributed by atoms with Gasteiger partial charge < -0.3 is 10.2 Å². The lowest BCUT2D eigenvalue weighted by atomic mass is 9.97. The molecule has 2 atom stereocenters. The maximum absolute atomic E-state index is 12.4. The van der Waals surface area contributed by atoms with Crippen LogP contribution in [0.5, 0.6) is 0 Å². The van der Waals surface area contributed by atoms with E-state index in [4.69, 9.17) is 0 Å². The molecule has 2 fully saturated rings. The average Bonchev–Trinajstić information content (AvgIpc) is 2.38. The summed E-state index contributed by atoms with van der Waals surface area (Å²) in [5.41, 5.74) is 0. The number of sulfone groups is 1. The molecule has 0 aromatic carbocycles. The van der Waals surface area contributed by atoms with Gasteiger partial charge in [-0.25, -0.2) is 8.42 Å². The molecule has 0 saturated carbocycles. The van der Waals surface area contributed by atoms with E-state index < -0.39 is 15.2 Å². The van der Waals surface area contributed by atoms with Crippen LogP contribution in [-0.2, 0) is 19.4 Å². The maximum Gasteiger partial charge on any atom is 0.228 e. The molecular formula is C11H18N2O4S2. The lowest BCUT2D eigenvalue weighted by molar-refractivity contribution is -0.137. The highest BCUT2D eigenvalue weighted by atomic mass is 32.2. The van der Waals surface area contributed by atoms with E-state index >= 15 is 0 Å². The van der Waals surface area contributed by atoms with Gasteiger partial charge >= 0.3 is 0 Å². The smallest absolute Gasteiger partial charge is 0.228 e. The topological polar surface area (TPSA) is 83.6 Å². The van der Waals surface area contributed by atoms with Crippen molar-refractivity contribution in [2.24, 2.45) is 5.92 Å². The first-order valence-electron chi connectivity index (χ1n) is 6.23. The van der Waals surface area contributed by atoms with E-state index in [0.29, 0.717) is 31.7 Å². The zero-order valence-electron chi connectivity index (χ0n) is 10.8. The molecular weight excluding hydrogens is 288 g/mol. The fourth-order valence-corrected chi connectivity index (χ4v) is 5.19. The molecule has 0 radical (unpaired) electrons. The molecule has 108 valence electrons. The van der Waals surface area contributed by atoms with Gasteiger partial charge in [0.15, 0.2) is 9.84 Å². The van der Waals surface area contributed by atoms with Crippen molar-refractivity contribution >= 4 is 33.4 Å². The molecule has 2 saturated heterocycles. The number of rotatable bonds is 2. The first-order valence-corrected chi connectivity index (χ1v) is 9.34. The zero-order chi connectivity index (χ0) is 14.0. The number of piperidine rings is 1. The van der Waals surface area contributed by atoms with Crippen molar-refractivity contribution in [3.05, 3.63) is 0 Å². The van der Waals surface area contributed by atoms with Crippen molar-refractivity contribution in [1.82, 2.24) is 10.2 Å². The Hall–Kier alpha value is -0.760. The van der Waals surface area contributed by atoms with E-state index in [-0.39, 0.29) is 17.7 Å². The molecule has 2 unspecified atom stereocenters. The van der Waals surface area contributed by atoms with E-state index in [1.54, 1.807) is 11.8 Å². The Morgan fingerprint density at radius 2 is 2.21 bits per heavy atom. The van der Waals surface area contributed by atoms with Crippen LogP contribution in [-0.4, -0.2) is 61.4 Å². The minimum absolute atomic E-state index is 0.0436. The molecule has 0 aromatic heterocycles. The normalized spacial score (nSPS) is 28.9. The molecule has 0 spiro atoms. The van der Waals surface area contributed by atoms with Crippen molar-refractivity contribution in [2.75, 3.05) is 30.9 Å². The second-order valence-electron chi connectivity index (χ2n) is 4.93. The van der Waals surface area contributed by atoms with E-state index in [1.807, 2.05) is 0 Å². The Morgan fingerprint density at radius 3 is 2.79 bits per heavy atom. The predicted octanol–water partition coefficient (Wildman–Crippen LogP) is -0.541. The van der Waals surface area contributed by atoms with Gasteiger partial charge in [-0.15, -0.1) is 0 Å². The quantitative estimate of drug-likeness (QED) is 0.741. The third-order valence-electron chi connectivity index (χ3n) is 3.48. The largest absolute Gasteiger partial charge is 0.355 e. The Labute approximate surface area is 117 Å². The molecule has 8 heteroatoms. The Kier molecular flexibility index (Phi) is 4.39. The summed E-state index contributed by atoms with van der Waals surface area (Å²) in [6.45, 7) is 0.781. The molecule has 1 N–H and O–H groups in total. The van der Waals surface area contributed by atoms with Crippen LogP contribution in [0.3, 0.4) is 0 Å². The molecule has 2 aliphatic heterocycles. The van der Waals surface area contributed by atoms with Crippen LogP contribution in [0.25, 0.3) is 0 Å². The maximum atomic E-state index is 12.4. The molecule has 2 rings (SSSR count). The highest BCUT2D eigenvalue weighted by Gasteiger charge is 2.37. The summed E-state index contributed by atoms with van der Waals surface area (Å²) in [7, 11) is -3.27. The molecule has 2 aliphatic rings. The number of hydrogen-bond donors (Lipinski definition) is 1. The summed E-state index contributed by atoms with van der Waals surface area (Å²) in [6, 6.07) is 0. The highest BCUT2D eigenvalue weighted by Crippen LogP contribution is 2.24. The summed E-state index contributed by atoms with van der Waals surface area (Å²) in [5.74, 6) is 0.721. The van der Waals surface area contributed by atoms with E-state index in [9.17, 15) is 18.0 Å². The number of nitrogens with one attached hydrogen (secondary N) is 1. The Bertz CT molecular complexity index is 467. The number of carbonyl (C=O) groups excluding carboxylic acids is 2. The van der Waals surface area contributed by atoms with E-state index in [1.165, 1.54) is 11.2 Å². The van der Waals surface area contributed by atoms with E-state index in [0.717, 1.165) is 5.75 Å². The van der Waals surface area contributed by atoms with Crippen molar-refractivity contribution in [1.29, 1.82) is 0 Å². The standard InChI is InChI=1S/C11H18N2O4S2/c1-19(16,17)10-7-18-5-4-13(10)11(15)8-2-3-9(14)12-6-8/h8,10H,2-7H2,1H3,(H,12,14). The summed E-state index contributed by atoms with van der Waals surface area (Å²) in [4.78, 5) is 25.0. The summed E-state index contributed by atoms with van der Waals surface area (Å²) >= 11 is 1.56. The minimum Gasteiger partial charge on any atom is -0.355 e. The van der Waals surface area contributed by atoms with Crippen LogP contribution in [0, 0.1) is 5.92 Å². The second kappa shape index (κ2) is 5.70. The van der Waals surface area contributed by atoms with Crippen LogP contribution < -0.4 is 5.32 Å². The second-order valence-corrected chi connectivity index (χ2v) is 8.28. The Balaban J connectivity index is 2.09. The van der Waals surface area contributed by atoms with Gasteiger partial charge in [0.2, 0.25) is 11.8 Å².